The molecule has 0 fully saturated rings. The molecule has 0 aromatic heterocycles. The van der Waals surface area contributed by atoms with Crippen molar-refractivity contribution >= 4 is 34.2 Å². The minimum absolute atomic E-state index is 0. The summed E-state index contributed by atoms with van der Waals surface area (Å²) >= 11 is 3.39. The molecule has 0 spiro atoms. The molecular formula is C11H16BrClN2O. The Morgan fingerprint density at radius 2 is 2.19 bits per heavy atom. The quantitative estimate of drug-likeness (QED) is 0.874. The van der Waals surface area contributed by atoms with Crippen LogP contribution in [0.5, 0.6) is 0 Å². The molecule has 5 heteroatoms. The predicted molar refractivity (Wildman–Crippen MR) is 71.8 cm³/mol. The zero-order valence-corrected chi connectivity index (χ0v) is 11.5. The number of amides is 1. The van der Waals surface area contributed by atoms with Crippen molar-refractivity contribution in [1.82, 2.24) is 10.6 Å². The average molecular weight is 308 g/mol. The van der Waals surface area contributed by atoms with E-state index in [4.69, 9.17) is 0 Å². The van der Waals surface area contributed by atoms with E-state index in [1.54, 1.807) is 0 Å². The van der Waals surface area contributed by atoms with Crippen molar-refractivity contribution in [2.75, 3.05) is 13.6 Å². The first-order valence-electron chi connectivity index (χ1n) is 4.88. The number of hydrogen-bond acceptors (Lipinski definition) is 2. The topological polar surface area (TPSA) is 41.1 Å². The van der Waals surface area contributed by atoms with Gasteiger partial charge in [-0.2, -0.15) is 0 Å². The van der Waals surface area contributed by atoms with Crippen LogP contribution < -0.4 is 10.6 Å². The second kappa shape index (κ2) is 8.56. The van der Waals surface area contributed by atoms with Crippen LogP contribution in [-0.2, 0) is 11.3 Å². The molecule has 0 saturated heterocycles. The lowest BCUT2D eigenvalue weighted by molar-refractivity contribution is -0.121. The molecule has 0 aliphatic heterocycles. The van der Waals surface area contributed by atoms with Gasteiger partial charge in [-0.05, 0) is 24.7 Å². The first kappa shape index (κ1) is 15.4. The van der Waals surface area contributed by atoms with Crippen molar-refractivity contribution in [3.8, 4) is 0 Å². The lowest BCUT2D eigenvalue weighted by Crippen LogP contribution is -2.26. The molecule has 1 rings (SSSR count). The van der Waals surface area contributed by atoms with Crippen LogP contribution in [0.15, 0.2) is 28.7 Å². The van der Waals surface area contributed by atoms with Gasteiger partial charge in [-0.3, -0.25) is 4.79 Å². The van der Waals surface area contributed by atoms with E-state index in [0.717, 1.165) is 10.0 Å². The van der Waals surface area contributed by atoms with Crippen LogP contribution in [0.4, 0.5) is 0 Å². The van der Waals surface area contributed by atoms with Gasteiger partial charge in [0.1, 0.15) is 0 Å². The Labute approximate surface area is 111 Å². The van der Waals surface area contributed by atoms with E-state index < -0.39 is 0 Å². The highest BCUT2D eigenvalue weighted by Gasteiger charge is 2.00. The molecule has 90 valence electrons. The van der Waals surface area contributed by atoms with Crippen LogP contribution in [0.1, 0.15) is 12.0 Å². The number of carbonyl (C=O) groups excluding carboxylic acids is 1. The summed E-state index contributed by atoms with van der Waals surface area (Å²) in [6, 6.07) is 7.91. The average Bonchev–Trinajstić information content (AvgIpc) is 2.23. The summed E-state index contributed by atoms with van der Waals surface area (Å²) in [5.74, 6) is 0.0734. The van der Waals surface area contributed by atoms with Crippen LogP contribution in [0.2, 0.25) is 0 Å². The van der Waals surface area contributed by atoms with Crippen LogP contribution in [-0.4, -0.2) is 19.5 Å². The Bertz CT molecular complexity index is 334. The monoisotopic (exact) mass is 306 g/mol. The molecule has 1 amide bonds. The van der Waals surface area contributed by atoms with Crippen LogP contribution in [0.3, 0.4) is 0 Å². The van der Waals surface area contributed by atoms with Gasteiger partial charge in [-0.15, -0.1) is 12.4 Å². The van der Waals surface area contributed by atoms with Gasteiger partial charge in [0.15, 0.2) is 0 Å². The Morgan fingerprint density at radius 3 is 2.81 bits per heavy atom. The molecular weight excluding hydrogens is 291 g/mol. The molecule has 0 atom stereocenters. The van der Waals surface area contributed by atoms with E-state index >= 15 is 0 Å². The molecule has 2 N–H and O–H groups in total. The van der Waals surface area contributed by atoms with E-state index in [0.29, 0.717) is 19.5 Å². The molecule has 1 aromatic rings. The molecule has 0 saturated carbocycles. The Balaban J connectivity index is 0.00000225. The summed E-state index contributed by atoms with van der Waals surface area (Å²) in [6.07, 6.45) is 0.518. The zero-order chi connectivity index (χ0) is 11.1. The first-order chi connectivity index (χ1) is 7.22. The largest absolute Gasteiger partial charge is 0.352 e. The molecule has 0 aliphatic rings. The lowest BCUT2D eigenvalue weighted by atomic mass is 10.2. The fraction of sp³-hybridized carbons (Fsp3) is 0.364. The third-order valence-electron chi connectivity index (χ3n) is 1.98. The second-order valence-corrected chi connectivity index (χ2v) is 4.18. The van der Waals surface area contributed by atoms with Crippen molar-refractivity contribution in [3.63, 3.8) is 0 Å². The molecule has 3 nitrogen and oxygen atoms in total. The van der Waals surface area contributed by atoms with Crippen LogP contribution in [0.25, 0.3) is 0 Å². The third kappa shape index (κ3) is 6.10. The summed E-state index contributed by atoms with van der Waals surface area (Å²) in [5, 5.41) is 5.80. The Hall–Kier alpha value is -0.580. The van der Waals surface area contributed by atoms with E-state index in [-0.39, 0.29) is 18.3 Å². The zero-order valence-electron chi connectivity index (χ0n) is 9.13. The highest BCUT2D eigenvalue weighted by molar-refractivity contribution is 9.10. The molecule has 0 bridgehead atoms. The Kier molecular flexibility index (Phi) is 8.25. The fourth-order valence-electron chi connectivity index (χ4n) is 1.17. The number of benzene rings is 1. The molecule has 16 heavy (non-hydrogen) atoms. The number of hydrogen-bond donors (Lipinski definition) is 2. The van der Waals surface area contributed by atoms with Crippen molar-refractivity contribution in [1.29, 1.82) is 0 Å². The fourth-order valence-corrected chi connectivity index (χ4v) is 1.62. The van der Waals surface area contributed by atoms with Gasteiger partial charge in [-0.1, -0.05) is 28.1 Å². The van der Waals surface area contributed by atoms with Crippen LogP contribution in [0, 0.1) is 0 Å². The van der Waals surface area contributed by atoms with Gasteiger partial charge >= 0.3 is 0 Å². The first-order valence-corrected chi connectivity index (χ1v) is 5.67. The minimum Gasteiger partial charge on any atom is -0.352 e. The van der Waals surface area contributed by atoms with Gasteiger partial charge < -0.3 is 10.6 Å². The third-order valence-corrected chi connectivity index (χ3v) is 2.47. The maximum atomic E-state index is 11.3. The maximum absolute atomic E-state index is 11.3. The highest BCUT2D eigenvalue weighted by atomic mass is 79.9. The highest BCUT2D eigenvalue weighted by Crippen LogP contribution is 2.11. The lowest BCUT2D eigenvalue weighted by Gasteiger charge is -2.05. The van der Waals surface area contributed by atoms with Crippen molar-refractivity contribution in [2.24, 2.45) is 0 Å². The SMILES string of the molecule is CNCCC(=O)NCc1cccc(Br)c1.Cl. The molecule has 0 aliphatic carbocycles. The minimum atomic E-state index is 0. The summed E-state index contributed by atoms with van der Waals surface area (Å²) in [7, 11) is 1.83. The number of rotatable bonds is 5. The molecule has 0 unspecified atom stereocenters. The summed E-state index contributed by atoms with van der Waals surface area (Å²) in [5.41, 5.74) is 1.10. The van der Waals surface area contributed by atoms with Gasteiger partial charge in [-0.25, -0.2) is 0 Å². The van der Waals surface area contributed by atoms with E-state index in [1.165, 1.54) is 0 Å². The maximum Gasteiger partial charge on any atom is 0.221 e. The van der Waals surface area contributed by atoms with Crippen molar-refractivity contribution in [3.05, 3.63) is 34.3 Å². The van der Waals surface area contributed by atoms with Crippen molar-refractivity contribution < 1.29 is 4.79 Å². The summed E-state index contributed by atoms with van der Waals surface area (Å²) in [6.45, 7) is 1.30. The normalized spacial score (nSPS) is 9.38. The summed E-state index contributed by atoms with van der Waals surface area (Å²) < 4.78 is 1.03. The van der Waals surface area contributed by atoms with Gasteiger partial charge in [0.05, 0.1) is 0 Å². The smallest absolute Gasteiger partial charge is 0.221 e. The van der Waals surface area contributed by atoms with Gasteiger partial charge in [0.25, 0.3) is 0 Å². The standard InChI is InChI=1S/C11H15BrN2O.ClH/c1-13-6-5-11(15)14-8-9-3-2-4-10(12)7-9;/h2-4,7,13H,5-6,8H2,1H3,(H,14,15);1H. The Morgan fingerprint density at radius 1 is 1.44 bits per heavy atom. The van der Waals surface area contributed by atoms with Gasteiger partial charge in [0, 0.05) is 24.0 Å². The van der Waals surface area contributed by atoms with Crippen LogP contribution >= 0.6 is 28.3 Å². The molecule has 0 radical (unpaired) electrons. The number of nitrogens with one attached hydrogen (secondary N) is 2. The van der Waals surface area contributed by atoms with E-state index in [2.05, 4.69) is 26.6 Å². The summed E-state index contributed by atoms with van der Waals surface area (Å²) in [4.78, 5) is 11.3. The second-order valence-electron chi connectivity index (χ2n) is 3.26. The van der Waals surface area contributed by atoms with E-state index in [1.807, 2.05) is 31.3 Å². The number of carbonyl (C=O) groups is 1. The van der Waals surface area contributed by atoms with Gasteiger partial charge in [0.2, 0.25) is 5.91 Å². The predicted octanol–water partition coefficient (Wildman–Crippen LogP) is 2.10. The molecule has 1 aromatic carbocycles. The van der Waals surface area contributed by atoms with Crippen molar-refractivity contribution in [2.45, 2.75) is 13.0 Å². The van der Waals surface area contributed by atoms with E-state index in [9.17, 15) is 4.79 Å². The molecule has 0 heterocycles. The number of halogens is 2.